The predicted octanol–water partition coefficient (Wildman–Crippen LogP) is 5.55. The van der Waals surface area contributed by atoms with Crippen LogP contribution in [0.1, 0.15) is 48.4 Å². The van der Waals surface area contributed by atoms with Crippen LogP contribution in [0.4, 0.5) is 10.5 Å². The smallest absolute Gasteiger partial charge is 0.306 e. The van der Waals surface area contributed by atoms with Crippen LogP contribution in [-0.2, 0) is 12.8 Å². The van der Waals surface area contributed by atoms with Crippen molar-refractivity contribution in [3.8, 4) is 11.1 Å². The van der Waals surface area contributed by atoms with Gasteiger partial charge in [-0.3, -0.25) is 9.40 Å². The number of hydrogen-bond donors (Lipinski definition) is 2. The number of amides is 2. The zero-order chi connectivity index (χ0) is 22.4. The van der Waals surface area contributed by atoms with Gasteiger partial charge < -0.3 is 5.32 Å². The number of benzene rings is 1. The molecule has 2 amide bonds. The molecule has 0 saturated heterocycles. The topological polar surface area (TPSA) is 76.2 Å². The minimum Gasteiger partial charge on any atom is -0.306 e. The van der Waals surface area contributed by atoms with Crippen molar-refractivity contribution in [2.45, 2.75) is 56.5 Å². The van der Waals surface area contributed by atoms with Gasteiger partial charge in [-0.25, -0.2) is 9.31 Å². The summed E-state index contributed by atoms with van der Waals surface area (Å²) in [6.07, 6.45) is 12.6. The van der Waals surface area contributed by atoms with E-state index in [2.05, 4.69) is 45.4 Å². The molecular weight excluding hydrogens is 432 g/mol. The van der Waals surface area contributed by atoms with E-state index >= 15 is 0 Å². The van der Waals surface area contributed by atoms with Crippen molar-refractivity contribution >= 4 is 29.2 Å². The van der Waals surface area contributed by atoms with E-state index in [0.717, 1.165) is 46.6 Å². The summed E-state index contributed by atoms with van der Waals surface area (Å²) in [5, 5.41) is 12.9. The molecule has 168 valence electrons. The molecule has 2 aliphatic carbocycles. The van der Waals surface area contributed by atoms with E-state index in [1.165, 1.54) is 47.9 Å². The highest BCUT2D eigenvalue weighted by atomic mass is 32.2. The molecule has 2 N–H and O–H groups in total. The number of aryl methyl sites for hydroxylation is 2. The number of nitrogens with zero attached hydrogens (tertiary/aromatic N) is 4. The molecule has 0 bridgehead atoms. The molecule has 6 rings (SSSR count). The summed E-state index contributed by atoms with van der Waals surface area (Å²) < 4.78 is 6.80. The van der Waals surface area contributed by atoms with Crippen LogP contribution >= 0.6 is 11.9 Å². The van der Waals surface area contributed by atoms with Gasteiger partial charge in [0, 0.05) is 36.1 Å². The van der Waals surface area contributed by atoms with Crippen LogP contribution in [0.2, 0.25) is 0 Å². The second-order valence-electron chi connectivity index (χ2n) is 8.93. The number of nitrogens with one attached hydrogen (secondary N) is 2. The van der Waals surface area contributed by atoms with Crippen molar-refractivity contribution in [2.24, 2.45) is 0 Å². The summed E-state index contributed by atoms with van der Waals surface area (Å²) in [6.45, 7) is 2.12. The minimum absolute atomic E-state index is 0.232. The number of hydrogen-bond acceptors (Lipinski definition) is 4. The van der Waals surface area contributed by atoms with Crippen molar-refractivity contribution in [2.75, 3.05) is 5.32 Å². The molecule has 0 radical (unpaired) electrons. The fourth-order valence-corrected chi connectivity index (χ4v) is 5.46. The molecule has 1 fully saturated rings. The lowest BCUT2D eigenvalue weighted by molar-refractivity contribution is 0.257. The second kappa shape index (κ2) is 8.26. The number of fused-ring (bicyclic) bond motifs is 2. The Kier molecular flexibility index (Phi) is 5.10. The average molecular weight is 459 g/mol. The third-order valence-electron chi connectivity index (χ3n) is 6.81. The van der Waals surface area contributed by atoms with Crippen LogP contribution in [0.3, 0.4) is 0 Å². The summed E-state index contributed by atoms with van der Waals surface area (Å²) in [4.78, 5) is 13.0. The van der Waals surface area contributed by atoms with E-state index in [-0.39, 0.29) is 6.03 Å². The summed E-state index contributed by atoms with van der Waals surface area (Å²) in [7, 11) is 0. The zero-order valence-electron chi connectivity index (χ0n) is 18.5. The SMILES string of the molecule is Cc1cc2c(c(NC(=O)NSc3ccn(C4CCC4)n3)c1-c1ccn3nccc3c1)CCC2. The molecule has 0 unspecified atom stereocenters. The van der Waals surface area contributed by atoms with Crippen LogP contribution in [0.5, 0.6) is 0 Å². The first kappa shape index (κ1) is 20.4. The maximum Gasteiger partial charge on any atom is 0.329 e. The van der Waals surface area contributed by atoms with E-state index in [1.54, 1.807) is 6.20 Å². The number of anilines is 1. The second-order valence-corrected chi connectivity index (χ2v) is 9.75. The number of pyridine rings is 1. The molecule has 0 spiro atoms. The highest BCUT2D eigenvalue weighted by Gasteiger charge is 2.23. The van der Waals surface area contributed by atoms with E-state index in [1.807, 2.05) is 33.7 Å². The van der Waals surface area contributed by atoms with Gasteiger partial charge in [-0.15, -0.1) is 0 Å². The van der Waals surface area contributed by atoms with Gasteiger partial charge in [0.2, 0.25) is 0 Å². The van der Waals surface area contributed by atoms with Gasteiger partial charge in [0.25, 0.3) is 0 Å². The van der Waals surface area contributed by atoms with Gasteiger partial charge in [0.15, 0.2) is 0 Å². The number of rotatable bonds is 5. The molecule has 1 aromatic carbocycles. The van der Waals surface area contributed by atoms with Crippen LogP contribution < -0.4 is 10.0 Å². The van der Waals surface area contributed by atoms with E-state index < -0.39 is 0 Å². The Morgan fingerprint density at radius 1 is 1.12 bits per heavy atom. The van der Waals surface area contributed by atoms with Gasteiger partial charge in [0.1, 0.15) is 5.03 Å². The van der Waals surface area contributed by atoms with Gasteiger partial charge >= 0.3 is 6.03 Å². The van der Waals surface area contributed by atoms with Gasteiger partial charge in [-0.2, -0.15) is 10.2 Å². The number of carbonyl (C=O) groups excluding carboxylic acids is 1. The molecule has 33 heavy (non-hydrogen) atoms. The van der Waals surface area contributed by atoms with E-state index in [4.69, 9.17) is 0 Å². The first-order valence-electron chi connectivity index (χ1n) is 11.5. The highest BCUT2D eigenvalue weighted by Crippen LogP contribution is 2.40. The summed E-state index contributed by atoms with van der Waals surface area (Å²) in [5.74, 6) is 0. The lowest BCUT2D eigenvalue weighted by Crippen LogP contribution is -2.24. The fraction of sp³-hybridized carbons (Fsp3) is 0.320. The van der Waals surface area contributed by atoms with Gasteiger partial charge in [0.05, 0.1) is 17.2 Å². The third-order valence-corrected chi connectivity index (χ3v) is 7.52. The first-order valence-corrected chi connectivity index (χ1v) is 12.4. The lowest BCUT2D eigenvalue weighted by Gasteiger charge is -2.25. The van der Waals surface area contributed by atoms with Crippen molar-refractivity contribution in [1.82, 2.24) is 24.1 Å². The Hall–Kier alpha value is -3.26. The molecular formula is C25H26N6OS. The van der Waals surface area contributed by atoms with Crippen molar-refractivity contribution in [3.05, 3.63) is 65.6 Å². The Morgan fingerprint density at radius 3 is 2.88 bits per heavy atom. The quantitative estimate of drug-likeness (QED) is 0.385. The normalized spacial score (nSPS) is 15.4. The van der Waals surface area contributed by atoms with Crippen LogP contribution in [0.15, 0.2) is 53.9 Å². The van der Waals surface area contributed by atoms with E-state index in [9.17, 15) is 4.79 Å². The van der Waals surface area contributed by atoms with Crippen LogP contribution in [0.25, 0.3) is 16.6 Å². The lowest BCUT2D eigenvalue weighted by atomic mass is 9.93. The van der Waals surface area contributed by atoms with E-state index in [0.29, 0.717) is 6.04 Å². The van der Waals surface area contributed by atoms with Crippen molar-refractivity contribution in [1.29, 1.82) is 0 Å². The van der Waals surface area contributed by atoms with Gasteiger partial charge in [-0.05, 0) is 92.0 Å². The molecule has 4 aromatic rings. The van der Waals surface area contributed by atoms with Crippen molar-refractivity contribution < 1.29 is 4.79 Å². The predicted molar refractivity (Wildman–Crippen MR) is 131 cm³/mol. The summed E-state index contributed by atoms with van der Waals surface area (Å²) >= 11 is 1.26. The Morgan fingerprint density at radius 2 is 2.03 bits per heavy atom. The fourth-order valence-electron chi connectivity index (χ4n) is 4.95. The molecule has 7 nitrogen and oxygen atoms in total. The molecule has 0 aliphatic heterocycles. The number of carbonyl (C=O) groups is 1. The molecule has 0 atom stereocenters. The Labute approximate surface area is 196 Å². The van der Waals surface area contributed by atoms with Crippen LogP contribution in [-0.4, -0.2) is 25.4 Å². The molecule has 3 heterocycles. The maximum absolute atomic E-state index is 13.0. The van der Waals surface area contributed by atoms with Crippen LogP contribution in [0, 0.1) is 6.92 Å². The minimum atomic E-state index is -0.232. The Balaban J connectivity index is 1.27. The number of urea groups is 1. The average Bonchev–Trinajstić information content (AvgIpc) is 3.51. The third kappa shape index (κ3) is 3.78. The largest absolute Gasteiger partial charge is 0.329 e. The summed E-state index contributed by atoms with van der Waals surface area (Å²) in [6, 6.07) is 10.7. The zero-order valence-corrected chi connectivity index (χ0v) is 19.4. The molecule has 1 saturated carbocycles. The molecule has 3 aromatic heterocycles. The molecule has 8 heteroatoms. The maximum atomic E-state index is 13.0. The summed E-state index contributed by atoms with van der Waals surface area (Å²) in [5.41, 5.74) is 7.86. The highest BCUT2D eigenvalue weighted by molar-refractivity contribution is 7.97. The number of aromatic nitrogens is 4. The Bertz CT molecular complexity index is 1350. The first-order chi connectivity index (χ1) is 16.2. The standard InChI is InChI=1S/C25H26N6OS/c1-16-14-17-4-2-7-21(17)24(23(16)18-9-12-30-20(15-18)8-11-26-30)27-25(32)29-33-22-10-13-31(28-22)19-5-3-6-19/h8-15,19H,2-7H2,1H3,(H2,27,29,32). The monoisotopic (exact) mass is 458 g/mol. The van der Waals surface area contributed by atoms with Crippen molar-refractivity contribution in [3.63, 3.8) is 0 Å². The van der Waals surface area contributed by atoms with Gasteiger partial charge in [-0.1, -0.05) is 6.07 Å². The molecule has 2 aliphatic rings.